The molecule has 4 fully saturated rings. The van der Waals surface area contributed by atoms with Gasteiger partial charge in [-0.15, -0.1) is 0 Å². The Morgan fingerprint density at radius 3 is 2.29 bits per heavy atom. The number of benzene rings is 1. The van der Waals surface area contributed by atoms with Crippen LogP contribution < -0.4 is 18.1 Å². The van der Waals surface area contributed by atoms with Gasteiger partial charge in [0.25, 0.3) is 5.91 Å². The van der Waals surface area contributed by atoms with Gasteiger partial charge < -0.3 is 27.4 Å². The molecule has 1 saturated carbocycles. The van der Waals surface area contributed by atoms with Gasteiger partial charge in [0.05, 0.1) is 18.5 Å². The van der Waals surface area contributed by atoms with Crippen molar-refractivity contribution >= 4 is 11.9 Å². The molecule has 4 aliphatic rings. The summed E-state index contributed by atoms with van der Waals surface area (Å²) in [6.07, 6.45) is 11.3. The summed E-state index contributed by atoms with van der Waals surface area (Å²) in [6, 6.07) is 13.6. The minimum atomic E-state index is -0.568. The molecule has 35 heavy (non-hydrogen) atoms. The number of fused-ring (bicyclic) bond motifs is 3. The Morgan fingerprint density at radius 1 is 1.00 bits per heavy atom. The number of carbonyl (C=O) groups is 2. The summed E-state index contributed by atoms with van der Waals surface area (Å²) in [4.78, 5) is 30.9. The van der Waals surface area contributed by atoms with Crippen LogP contribution in [0.25, 0.3) is 0 Å². The molecular weight excluding hydrogens is 462 g/mol. The summed E-state index contributed by atoms with van der Waals surface area (Å²) in [6.45, 7) is 2.40. The number of nitrogens with zero attached hydrogens (tertiary/aromatic N) is 2. The second kappa shape index (κ2) is 10.7. The molecule has 3 aliphatic heterocycles. The molecule has 1 aliphatic carbocycles. The molecule has 1 aromatic carbocycles. The number of primary amides is 1. The molecule has 1 unspecified atom stereocenters. The predicted octanol–water partition coefficient (Wildman–Crippen LogP) is 1.06. The van der Waals surface area contributed by atoms with E-state index >= 15 is 0 Å². The summed E-state index contributed by atoms with van der Waals surface area (Å²) < 4.78 is 7.01. The molecule has 6 nitrogen and oxygen atoms in total. The number of piperidine rings is 3. The number of ether oxygens (including phenoxy) is 1. The smallest absolute Gasteiger partial charge is 0.317 e. The number of esters is 1. The molecule has 4 heterocycles. The summed E-state index contributed by atoms with van der Waals surface area (Å²) >= 11 is 0. The number of quaternary nitrogens is 1. The lowest BCUT2D eigenvalue weighted by molar-refractivity contribution is -0.965. The summed E-state index contributed by atoms with van der Waals surface area (Å²) in [5.74, 6) is -0.0533. The van der Waals surface area contributed by atoms with Gasteiger partial charge in [-0.1, -0.05) is 56.0 Å². The van der Waals surface area contributed by atoms with Crippen LogP contribution >= 0.6 is 0 Å². The SMILES string of the molecule is NC(=O)C(c1cccnc1)[N+]12CCC(CC1)[C@@H](OC(=O)C1(c3ccccc3)CCCCCC1)C2.[Cl-]. The van der Waals surface area contributed by atoms with Crippen LogP contribution in [0, 0.1) is 5.92 Å². The number of aromatic nitrogens is 1. The van der Waals surface area contributed by atoms with E-state index in [-0.39, 0.29) is 30.4 Å². The Balaban J connectivity index is 0.00000289. The van der Waals surface area contributed by atoms with Crippen LogP contribution in [0.1, 0.15) is 68.5 Å². The normalized spacial score (nSPS) is 28.2. The monoisotopic (exact) mass is 497 g/mol. The number of hydrogen-bond donors (Lipinski definition) is 1. The van der Waals surface area contributed by atoms with Crippen LogP contribution in [0.4, 0.5) is 0 Å². The first kappa shape index (κ1) is 25.6. The molecule has 2 bridgehead atoms. The highest BCUT2D eigenvalue weighted by atomic mass is 35.5. The summed E-state index contributed by atoms with van der Waals surface area (Å²) in [5, 5.41) is 0. The Hall–Kier alpha value is -2.44. The molecule has 2 atom stereocenters. The minimum absolute atomic E-state index is 0. The first-order valence-electron chi connectivity index (χ1n) is 12.9. The van der Waals surface area contributed by atoms with Gasteiger partial charge in [0.15, 0.2) is 12.1 Å². The quantitative estimate of drug-likeness (QED) is 0.367. The second-order valence-corrected chi connectivity index (χ2v) is 10.6. The van der Waals surface area contributed by atoms with Gasteiger partial charge in [-0.05, 0) is 30.5 Å². The summed E-state index contributed by atoms with van der Waals surface area (Å²) in [5.41, 5.74) is 7.33. The van der Waals surface area contributed by atoms with Crippen molar-refractivity contribution in [2.45, 2.75) is 68.9 Å². The maximum absolute atomic E-state index is 14.0. The molecule has 1 amide bonds. The molecule has 188 valence electrons. The van der Waals surface area contributed by atoms with Crippen molar-refractivity contribution in [1.82, 2.24) is 4.98 Å². The first-order chi connectivity index (χ1) is 16.5. The molecule has 6 rings (SSSR count). The van der Waals surface area contributed by atoms with E-state index in [1.807, 2.05) is 30.3 Å². The van der Waals surface area contributed by atoms with Gasteiger partial charge >= 0.3 is 5.97 Å². The largest absolute Gasteiger partial charge is 1.00 e. The third-order valence-corrected chi connectivity index (χ3v) is 8.71. The number of pyridine rings is 1. The van der Waals surface area contributed by atoms with Crippen LogP contribution in [0.3, 0.4) is 0 Å². The van der Waals surface area contributed by atoms with Crippen molar-refractivity contribution in [3.8, 4) is 0 Å². The average Bonchev–Trinajstić information content (AvgIpc) is 3.13. The minimum Gasteiger partial charge on any atom is -1.00 e. The van der Waals surface area contributed by atoms with Crippen LogP contribution in [0.15, 0.2) is 54.9 Å². The highest BCUT2D eigenvalue weighted by Gasteiger charge is 2.54. The highest BCUT2D eigenvalue weighted by Crippen LogP contribution is 2.45. The maximum atomic E-state index is 14.0. The maximum Gasteiger partial charge on any atom is 0.317 e. The Bertz CT molecular complexity index is 1000. The molecule has 0 spiro atoms. The average molecular weight is 498 g/mol. The fourth-order valence-electron chi connectivity index (χ4n) is 6.90. The molecule has 1 aromatic heterocycles. The van der Waals surface area contributed by atoms with Gasteiger partial charge in [0.2, 0.25) is 0 Å². The van der Waals surface area contributed by atoms with E-state index in [0.29, 0.717) is 16.9 Å². The number of halogens is 1. The van der Waals surface area contributed by atoms with Crippen LogP contribution in [-0.2, 0) is 19.7 Å². The third kappa shape index (κ3) is 4.83. The van der Waals surface area contributed by atoms with E-state index in [1.54, 1.807) is 12.4 Å². The fraction of sp³-hybridized carbons (Fsp3) is 0.536. The lowest BCUT2D eigenvalue weighted by Crippen LogP contribution is -3.00. The van der Waals surface area contributed by atoms with Gasteiger partial charge in [-0.25, -0.2) is 0 Å². The Labute approximate surface area is 214 Å². The van der Waals surface area contributed by atoms with E-state index in [0.717, 1.165) is 62.7 Å². The van der Waals surface area contributed by atoms with Crippen molar-refractivity contribution in [1.29, 1.82) is 0 Å². The van der Waals surface area contributed by atoms with E-state index in [9.17, 15) is 9.59 Å². The van der Waals surface area contributed by atoms with E-state index in [2.05, 4.69) is 17.1 Å². The van der Waals surface area contributed by atoms with Crippen molar-refractivity contribution in [3.05, 3.63) is 66.0 Å². The predicted molar refractivity (Wildman–Crippen MR) is 129 cm³/mol. The van der Waals surface area contributed by atoms with Crippen LogP contribution in [-0.4, -0.2) is 47.1 Å². The lowest BCUT2D eigenvalue weighted by atomic mass is 9.74. The van der Waals surface area contributed by atoms with E-state index in [1.165, 1.54) is 12.8 Å². The second-order valence-electron chi connectivity index (χ2n) is 10.6. The number of rotatable bonds is 6. The Morgan fingerprint density at radius 2 is 1.69 bits per heavy atom. The van der Waals surface area contributed by atoms with Crippen molar-refractivity contribution in [2.24, 2.45) is 11.7 Å². The zero-order valence-electron chi connectivity index (χ0n) is 20.3. The molecule has 7 heteroatoms. The number of nitrogens with two attached hydrogens (primary N) is 1. The van der Waals surface area contributed by atoms with Crippen LogP contribution in [0.2, 0.25) is 0 Å². The van der Waals surface area contributed by atoms with E-state index in [4.69, 9.17) is 10.5 Å². The lowest BCUT2D eigenvalue weighted by Gasteiger charge is -2.54. The number of carbonyl (C=O) groups excluding carboxylic acids is 2. The fourth-order valence-corrected chi connectivity index (χ4v) is 6.90. The number of hydrogen-bond acceptors (Lipinski definition) is 4. The molecular formula is C28H36ClN3O3. The number of amides is 1. The molecule has 2 aromatic rings. The topological polar surface area (TPSA) is 82.3 Å². The molecule has 0 radical (unpaired) electrons. The van der Waals surface area contributed by atoms with Crippen LogP contribution in [0.5, 0.6) is 0 Å². The first-order valence-corrected chi connectivity index (χ1v) is 12.9. The zero-order valence-corrected chi connectivity index (χ0v) is 21.0. The third-order valence-electron chi connectivity index (χ3n) is 8.71. The van der Waals surface area contributed by atoms with Crippen molar-refractivity contribution < 1.29 is 31.2 Å². The molecule has 2 N–H and O–H groups in total. The zero-order chi connectivity index (χ0) is 23.6. The summed E-state index contributed by atoms with van der Waals surface area (Å²) in [7, 11) is 0. The highest BCUT2D eigenvalue weighted by molar-refractivity contribution is 5.83. The van der Waals surface area contributed by atoms with Crippen molar-refractivity contribution in [3.63, 3.8) is 0 Å². The van der Waals surface area contributed by atoms with Gasteiger partial charge in [-0.3, -0.25) is 14.6 Å². The molecule has 3 saturated heterocycles. The van der Waals surface area contributed by atoms with Gasteiger partial charge in [-0.2, -0.15) is 0 Å². The Kier molecular flexibility index (Phi) is 7.82. The standard InChI is InChI=1S/C28H35N3O3.ClH/c29-26(32)25(22-9-8-16-30-19-22)31-17-12-21(13-18-31)24(20-31)34-27(33)28(14-6-1-2-7-15-28)23-10-4-3-5-11-23;/h3-5,8-11,16,19,21,24-25H,1-2,6-7,12-15,17-18,20H2,(H-,29,32);1H/t21?,24-,25?,31?;/m0./s1. The van der Waals surface area contributed by atoms with E-state index < -0.39 is 11.5 Å². The van der Waals surface area contributed by atoms with Gasteiger partial charge in [0, 0.05) is 36.7 Å². The van der Waals surface area contributed by atoms with Gasteiger partial charge in [0.1, 0.15) is 6.54 Å². The van der Waals surface area contributed by atoms with Crippen molar-refractivity contribution in [2.75, 3.05) is 19.6 Å².